The SMILES string of the molecule is CCNc1cccc(Nc2cc(C)c(Cl)cc2OC)n1. The molecule has 0 spiro atoms. The van der Waals surface area contributed by atoms with Gasteiger partial charge in [-0.1, -0.05) is 17.7 Å². The summed E-state index contributed by atoms with van der Waals surface area (Å²) < 4.78 is 5.34. The molecule has 0 aliphatic carbocycles. The van der Waals surface area contributed by atoms with Crippen LogP contribution in [0.25, 0.3) is 0 Å². The number of hydrogen-bond acceptors (Lipinski definition) is 4. The van der Waals surface area contributed by atoms with Crippen LogP contribution in [0.1, 0.15) is 12.5 Å². The second-order valence-electron chi connectivity index (χ2n) is 4.37. The number of halogens is 1. The lowest BCUT2D eigenvalue weighted by atomic mass is 10.2. The number of anilines is 3. The lowest BCUT2D eigenvalue weighted by molar-refractivity contribution is 0.416. The molecule has 0 aliphatic rings. The average Bonchev–Trinajstić information content (AvgIpc) is 2.43. The van der Waals surface area contributed by atoms with E-state index in [1.807, 2.05) is 38.1 Å². The number of pyridine rings is 1. The predicted octanol–water partition coefficient (Wildman–Crippen LogP) is 4.23. The van der Waals surface area contributed by atoms with Gasteiger partial charge in [-0.25, -0.2) is 4.98 Å². The van der Waals surface area contributed by atoms with Crippen molar-refractivity contribution in [1.29, 1.82) is 0 Å². The van der Waals surface area contributed by atoms with Gasteiger partial charge in [0.15, 0.2) is 0 Å². The summed E-state index contributed by atoms with van der Waals surface area (Å²) in [5, 5.41) is 7.12. The fourth-order valence-corrected chi connectivity index (χ4v) is 2.01. The molecule has 1 aromatic heterocycles. The molecule has 0 aliphatic heterocycles. The first-order valence-corrected chi connectivity index (χ1v) is 6.84. The van der Waals surface area contributed by atoms with Crippen LogP contribution in [-0.2, 0) is 0 Å². The van der Waals surface area contributed by atoms with Crippen LogP contribution in [0.2, 0.25) is 5.02 Å². The zero-order valence-electron chi connectivity index (χ0n) is 11.8. The first kappa shape index (κ1) is 14.5. The van der Waals surface area contributed by atoms with Gasteiger partial charge in [-0.3, -0.25) is 0 Å². The Morgan fingerprint density at radius 2 is 2.00 bits per heavy atom. The first-order chi connectivity index (χ1) is 9.63. The summed E-state index contributed by atoms with van der Waals surface area (Å²) in [5.41, 5.74) is 1.83. The molecule has 1 aromatic carbocycles. The van der Waals surface area contributed by atoms with E-state index in [4.69, 9.17) is 16.3 Å². The molecule has 0 radical (unpaired) electrons. The van der Waals surface area contributed by atoms with Crippen molar-refractivity contribution in [3.63, 3.8) is 0 Å². The zero-order valence-corrected chi connectivity index (χ0v) is 12.6. The van der Waals surface area contributed by atoms with E-state index in [0.717, 1.165) is 29.4 Å². The highest BCUT2D eigenvalue weighted by Gasteiger charge is 2.08. The normalized spacial score (nSPS) is 10.2. The van der Waals surface area contributed by atoms with Crippen LogP contribution in [0.5, 0.6) is 5.75 Å². The van der Waals surface area contributed by atoms with Crippen molar-refractivity contribution in [3.05, 3.63) is 40.9 Å². The number of hydrogen-bond donors (Lipinski definition) is 2. The number of nitrogens with one attached hydrogen (secondary N) is 2. The van der Waals surface area contributed by atoms with E-state index in [1.165, 1.54) is 0 Å². The molecule has 1 heterocycles. The maximum absolute atomic E-state index is 6.10. The average molecular weight is 292 g/mol. The number of aryl methyl sites for hydroxylation is 1. The second kappa shape index (κ2) is 6.48. The summed E-state index contributed by atoms with van der Waals surface area (Å²) in [4.78, 5) is 4.47. The van der Waals surface area contributed by atoms with E-state index < -0.39 is 0 Å². The van der Waals surface area contributed by atoms with Crippen LogP contribution >= 0.6 is 11.6 Å². The molecule has 0 bridgehead atoms. The minimum absolute atomic E-state index is 0.682. The lowest BCUT2D eigenvalue weighted by Gasteiger charge is -2.13. The van der Waals surface area contributed by atoms with Crippen molar-refractivity contribution in [2.45, 2.75) is 13.8 Å². The van der Waals surface area contributed by atoms with Crippen LogP contribution in [0, 0.1) is 6.92 Å². The minimum atomic E-state index is 0.682. The highest BCUT2D eigenvalue weighted by atomic mass is 35.5. The van der Waals surface area contributed by atoms with Gasteiger partial charge in [0.2, 0.25) is 0 Å². The van der Waals surface area contributed by atoms with Crippen molar-refractivity contribution < 1.29 is 4.74 Å². The molecule has 0 fully saturated rings. The van der Waals surface area contributed by atoms with Crippen LogP contribution < -0.4 is 15.4 Å². The van der Waals surface area contributed by atoms with Gasteiger partial charge in [0.05, 0.1) is 12.8 Å². The summed E-state index contributed by atoms with van der Waals surface area (Å²) in [5.74, 6) is 2.28. The fraction of sp³-hybridized carbons (Fsp3) is 0.267. The maximum atomic E-state index is 6.10. The third-order valence-electron chi connectivity index (χ3n) is 2.85. The van der Waals surface area contributed by atoms with Crippen LogP contribution in [0.4, 0.5) is 17.3 Å². The lowest BCUT2D eigenvalue weighted by Crippen LogP contribution is -2.02. The van der Waals surface area contributed by atoms with Gasteiger partial charge in [0.25, 0.3) is 0 Å². The van der Waals surface area contributed by atoms with Crippen molar-refractivity contribution in [1.82, 2.24) is 4.98 Å². The van der Waals surface area contributed by atoms with E-state index in [0.29, 0.717) is 10.8 Å². The second-order valence-corrected chi connectivity index (χ2v) is 4.77. The molecule has 0 amide bonds. The van der Waals surface area contributed by atoms with Crippen LogP contribution in [0.15, 0.2) is 30.3 Å². The van der Waals surface area contributed by atoms with Crippen molar-refractivity contribution in [3.8, 4) is 5.75 Å². The van der Waals surface area contributed by atoms with Gasteiger partial charge in [0, 0.05) is 17.6 Å². The molecule has 0 unspecified atom stereocenters. The Hall–Kier alpha value is -1.94. The summed E-state index contributed by atoms with van der Waals surface area (Å²) in [6.07, 6.45) is 0. The molecular formula is C15H18ClN3O. The molecule has 0 saturated carbocycles. The number of nitrogens with zero attached hydrogens (tertiary/aromatic N) is 1. The number of rotatable bonds is 5. The summed E-state index contributed by atoms with van der Waals surface area (Å²) in [6, 6.07) is 9.53. The number of methoxy groups -OCH3 is 1. The molecule has 20 heavy (non-hydrogen) atoms. The van der Waals surface area contributed by atoms with Gasteiger partial charge < -0.3 is 15.4 Å². The van der Waals surface area contributed by atoms with Gasteiger partial charge in [-0.2, -0.15) is 0 Å². The van der Waals surface area contributed by atoms with E-state index >= 15 is 0 Å². The molecular weight excluding hydrogens is 274 g/mol. The molecule has 4 nitrogen and oxygen atoms in total. The molecule has 0 saturated heterocycles. The number of benzene rings is 1. The largest absolute Gasteiger partial charge is 0.495 e. The Labute approximate surface area is 124 Å². The van der Waals surface area contributed by atoms with Crippen molar-refractivity contribution in [2.75, 3.05) is 24.3 Å². The Kier molecular flexibility index (Phi) is 4.69. The monoisotopic (exact) mass is 291 g/mol. The third kappa shape index (κ3) is 3.33. The van der Waals surface area contributed by atoms with Crippen LogP contribution in [0.3, 0.4) is 0 Å². The standard InChI is InChI=1S/C15H18ClN3O/c1-4-17-14-6-5-7-15(19-14)18-12-8-10(2)11(16)9-13(12)20-3/h5-9H,4H2,1-3H3,(H2,17,18,19). The quantitative estimate of drug-likeness (QED) is 0.865. The van der Waals surface area contributed by atoms with Gasteiger partial charge in [-0.05, 0) is 37.6 Å². The van der Waals surface area contributed by atoms with Crippen molar-refractivity contribution >= 4 is 28.9 Å². The maximum Gasteiger partial charge on any atom is 0.143 e. The predicted molar refractivity (Wildman–Crippen MR) is 84.4 cm³/mol. The van der Waals surface area contributed by atoms with E-state index in [1.54, 1.807) is 13.2 Å². The third-order valence-corrected chi connectivity index (χ3v) is 3.26. The highest BCUT2D eigenvalue weighted by molar-refractivity contribution is 6.31. The van der Waals surface area contributed by atoms with E-state index in [-0.39, 0.29) is 0 Å². The Balaban J connectivity index is 2.29. The number of aromatic nitrogens is 1. The molecule has 5 heteroatoms. The van der Waals surface area contributed by atoms with E-state index in [2.05, 4.69) is 15.6 Å². The number of ether oxygens (including phenoxy) is 1. The highest BCUT2D eigenvalue weighted by Crippen LogP contribution is 2.32. The summed E-state index contributed by atoms with van der Waals surface area (Å²) in [7, 11) is 1.62. The molecule has 2 aromatic rings. The Morgan fingerprint density at radius 1 is 1.25 bits per heavy atom. The van der Waals surface area contributed by atoms with Gasteiger partial charge >= 0.3 is 0 Å². The van der Waals surface area contributed by atoms with E-state index in [9.17, 15) is 0 Å². The molecule has 2 N–H and O–H groups in total. The first-order valence-electron chi connectivity index (χ1n) is 6.46. The molecule has 2 rings (SSSR count). The molecule has 106 valence electrons. The summed E-state index contributed by atoms with van der Waals surface area (Å²) >= 11 is 6.10. The van der Waals surface area contributed by atoms with Crippen LogP contribution in [-0.4, -0.2) is 18.6 Å². The van der Waals surface area contributed by atoms with Gasteiger partial charge in [-0.15, -0.1) is 0 Å². The minimum Gasteiger partial charge on any atom is -0.495 e. The van der Waals surface area contributed by atoms with Gasteiger partial charge in [0.1, 0.15) is 17.4 Å². The molecule has 0 atom stereocenters. The zero-order chi connectivity index (χ0) is 14.5. The fourth-order valence-electron chi connectivity index (χ4n) is 1.85. The Bertz CT molecular complexity index is 602. The Morgan fingerprint density at radius 3 is 2.70 bits per heavy atom. The topological polar surface area (TPSA) is 46.2 Å². The van der Waals surface area contributed by atoms with Crippen molar-refractivity contribution in [2.24, 2.45) is 0 Å². The summed E-state index contributed by atoms with van der Waals surface area (Å²) in [6.45, 7) is 4.82. The smallest absolute Gasteiger partial charge is 0.143 e.